The summed E-state index contributed by atoms with van der Waals surface area (Å²) < 4.78 is 10.9. The molecule has 28 heavy (non-hydrogen) atoms. The van der Waals surface area contributed by atoms with Gasteiger partial charge in [-0.3, -0.25) is 5.32 Å². The van der Waals surface area contributed by atoms with Crippen molar-refractivity contribution in [3.05, 3.63) is 71.8 Å². The Kier molecular flexibility index (Phi) is 5.01. The van der Waals surface area contributed by atoms with Crippen LogP contribution in [0, 0.1) is 11.3 Å². The fourth-order valence-corrected chi connectivity index (χ4v) is 3.78. The van der Waals surface area contributed by atoms with E-state index in [1.807, 2.05) is 36.4 Å². The lowest BCUT2D eigenvalue weighted by molar-refractivity contribution is 0.415. The topological polar surface area (TPSA) is 54.3 Å². The van der Waals surface area contributed by atoms with Gasteiger partial charge in [0.15, 0.2) is 0 Å². The summed E-state index contributed by atoms with van der Waals surface area (Å²) in [6.45, 7) is 0.807. The molecule has 0 amide bonds. The first-order valence-electron chi connectivity index (χ1n) is 9.32. The Morgan fingerprint density at radius 1 is 0.893 bits per heavy atom. The fraction of sp³-hybridized carbons (Fsp3) is 0.208. The maximum Gasteiger partial charge on any atom is 0.121 e. The van der Waals surface area contributed by atoms with Crippen LogP contribution in [0.4, 0.5) is 0 Å². The second-order valence-corrected chi connectivity index (χ2v) is 6.83. The van der Waals surface area contributed by atoms with Gasteiger partial charge in [0.05, 0.1) is 20.3 Å². The first-order valence-corrected chi connectivity index (χ1v) is 9.32. The second-order valence-electron chi connectivity index (χ2n) is 6.83. The van der Waals surface area contributed by atoms with Crippen molar-refractivity contribution in [3.63, 3.8) is 0 Å². The molecule has 1 atom stereocenters. The zero-order valence-electron chi connectivity index (χ0n) is 16.0. The maximum atomic E-state index is 9.59. The van der Waals surface area contributed by atoms with Gasteiger partial charge in [0.1, 0.15) is 17.5 Å². The number of rotatable bonds is 4. The van der Waals surface area contributed by atoms with Gasteiger partial charge in [0.2, 0.25) is 0 Å². The molecule has 1 N–H and O–H groups in total. The maximum absolute atomic E-state index is 9.59. The van der Waals surface area contributed by atoms with E-state index in [0.29, 0.717) is 0 Å². The van der Waals surface area contributed by atoms with Crippen LogP contribution in [0.1, 0.15) is 17.2 Å². The summed E-state index contributed by atoms with van der Waals surface area (Å²) in [6.07, 6.45) is 0.906. The van der Waals surface area contributed by atoms with E-state index >= 15 is 0 Å². The van der Waals surface area contributed by atoms with Crippen LogP contribution in [0.5, 0.6) is 11.5 Å². The monoisotopic (exact) mass is 370 g/mol. The largest absolute Gasteiger partial charge is 0.497 e. The van der Waals surface area contributed by atoms with Crippen molar-refractivity contribution in [2.24, 2.45) is 0 Å². The summed E-state index contributed by atoms with van der Waals surface area (Å²) in [5, 5.41) is 12.9. The highest BCUT2D eigenvalue weighted by Crippen LogP contribution is 2.39. The number of hydrogen-bond acceptors (Lipinski definition) is 4. The van der Waals surface area contributed by atoms with E-state index in [9.17, 15) is 5.26 Å². The number of nitrogens with zero attached hydrogens (tertiary/aromatic N) is 1. The zero-order chi connectivity index (χ0) is 19.5. The average molecular weight is 370 g/mol. The third kappa shape index (κ3) is 3.33. The Bertz CT molecular complexity index is 1050. The fourth-order valence-electron chi connectivity index (χ4n) is 3.78. The van der Waals surface area contributed by atoms with Crippen molar-refractivity contribution in [2.75, 3.05) is 20.8 Å². The minimum atomic E-state index is -0.285. The van der Waals surface area contributed by atoms with E-state index in [4.69, 9.17) is 9.47 Å². The van der Waals surface area contributed by atoms with Gasteiger partial charge in [-0.1, -0.05) is 30.3 Å². The van der Waals surface area contributed by atoms with Gasteiger partial charge in [-0.05, 0) is 70.1 Å². The van der Waals surface area contributed by atoms with Crippen LogP contribution < -0.4 is 14.8 Å². The molecular formula is C24H22N2O2. The van der Waals surface area contributed by atoms with Gasteiger partial charge >= 0.3 is 0 Å². The Hall–Kier alpha value is -3.29. The highest BCUT2D eigenvalue weighted by Gasteiger charge is 2.22. The molecule has 0 radical (unpaired) electrons. The van der Waals surface area contributed by atoms with E-state index < -0.39 is 0 Å². The summed E-state index contributed by atoms with van der Waals surface area (Å²) in [6, 6.07) is 22.6. The lowest BCUT2D eigenvalue weighted by Gasteiger charge is -2.25. The molecule has 1 aliphatic rings. The molecule has 3 aromatic rings. The van der Waals surface area contributed by atoms with Crippen LogP contribution in [-0.4, -0.2) is 20.8 Å². The van der Waals surface area contributed by atoms with Crippen molar-refractivity contribution in [2.45, 2.75) is 12.5 Å². The van der Waals surface area contributed by atoms with Crippen LogP contribution in [0.15, 0.2) is 60.7 Å². The molecule has 4 heteroatoms. The van der Waals surface area contributed by atoms with Crippen molar-refractivity contribution >= 4 is 0 Å². The molecule has 0 aliphatic carbocycles. The molecule has 140 valence electrons. The molecule has 0 saturated carbocycles. The minimum absolute atomic E-state index is 0.285. The van der Waals surface area contributed by atoms with Crippen molar-refractivity contribution in [1.82, 2.24) is 5.32 Å². The molecule has 0 saturated heterocycles. The molecule has 1 unspecified atom stereocenters. The van der Waals surface area contributed by atoms with Gasteiger partial charge < -0.3 is 9.47 Å². The van der Waals surface area contributed by atoms with Gasteiger partial charge in [-0.2, -0.15) is 5.26 Å². The van der Waals surface area contributed by atoms with Crippen LogP contribution in [0.2, 0.25) is 0 Å². The Morgan fingerprint density at radius 3 is 2.07 bits per heavy atom. The zero-order valence-corrected chi connectivity index (χ0v) is 16.0. The molecule has 0 bridgehead atoms. The van der Waals surface area contributed by atoms with Gasteiger partial charge in [0.25, 0.3) is 0 Å². The Balaban J connectivity index is 1.96. The second kappa shape index (κ2) is 7.75. The standard InChI is InChI=1S/C24H22N2O2/c1-27-19-7-3-5-16(11-19)21-13-18-9-10-26-24(15-25)23(18)14-22(21)17-6-4-8-20(12-17)28-2/h3-8,11-14,24,26H,9-10H2,1-2H3. The summed E-state index contributed by atoms with van der Waals surface area (Å²) in [5.41, 5.74) is 6.63. The van der Waals surface area contributed by atoms with Crippen LogP contribution in [-0.2, 0) is 6.42 Å². The van der Waals surface area contributed by atoms with Gasteiger partial charge in [-0.25, -0.2) is 0 Å². The normalized spacial score (nSPS) is 15.4. The molecule has 1 heterocycles. The number of nitrogens with one attached hydrogen (secondary N) is 1. The van der Waals surface area contributed by atoms with Crippen molar-refractivity contribution in [1.29, 1.82) is 5.26 Å². The number of ether oxygens (including phenoxy) is 2. The van der Waals surface area contributed by atoms with E-state index in [1.54, 1.807) is 14.2 Å². The number of hydrogen-bond donors (Lipinski definition) is 1. The molecule has 3 aromatic carbocycles. The SMILES string of the molecule is COc1cccc(-c2cc3c(cc2-c2cccc(OC)c2)C(C#N)NCC3)c1. The van der Waals surface area contributed by atoms with Crippen LogP contribution in [0.3, 0.4) is 0 Å². The molecule has 4 rings (SSSR count). The minimum Gasteiger partial charge on any atom is -0.497 e. The van der Waals surface area contributed by atoms with E-state index in [0.717, 1.165) is 52.3 Å². The van der Waals surface area contributed by atoms with Crippen molar-refractivity contribution in [3.8, 4) is 39.8 Å². The molecule has 0 spiro atoms. The van der Waals surface area contributed by atoms with E-state index in [1.165, 1.54) is 5.56 Å². The highest BCUT2D eigenvalue weighted by atomic mass is 16.5. The molecular weight excluding hydrogens is 348 g/mol. The lowest BCUT2D eigenvalue weighted by atomic mass is 9.85. The summed E-state index contributed by atoms with van der Waals surface area (Å²) in [4.78, 5) is 0. The lowest BCUT2D eigenvalue weighted by Crippen LogP contribution is -2.28. The predicted molar refractivity (Wildman–Crippen MR) is 110 cm³/mol. The summed E-state index contributed by atoms with van der Waals surface area (Å²) in [5.74, 6) is 1.63. The van der Waals surface area contributed by atoms with Crippen LogP contribution in [0.25, 0.3) is 22.3 Å². The Morgan fingerprint density at radius 2 is 1.50 bits per heavy atom. The quantitative estimate of drug-likeness (QED) is 0.720. The third-order valence-electron chi connectivity index (χ3n) is 5.22. The predicted octanol–water partition coefficient (Wildman–Crippen LogP) is 4.75. The van der Waals surface area contributed by atoms with Crippen molar-refractivity contribution < 1.29 is 9.47 Å². The summed E-state index contributed by atoms with van der Waals surface area (Å²) >= 11 is 0. The number of fused-ring (bicyclic) bond motifs is 1. The van der Waals surface area contributed by atoms with E-state index in [2.05, 4.69) is 35.7 Å². The smallest absolute Gasteiger partial charge is 0.121 e. The molecule has 0 aromatic heterocycles. The number of benzene rings is 3. The average Bonchev–Trinajstić information content (AvgIpc) is 2.77. The van der Waals surface area contributed by atoms with E-state index in [-0.39, 0.29) is 6.04 Å². The third-order valence-corrected chi connectivity index (χ3v) is 5.22. The number of methoxy groups -OCH3 is 2. The summed E-state index contributed by atoms with van der Waals surface area (Å²) in [7, 11) is 3.35. The first kappa shape index (κ1) is 18.1. The highest BCUT2D eigenvalue weighted by molar-refractivity contribution is 5.85. The van der Waals surface area contributed by atoms with Gasteiger partial charge in [0, 0.05) is 6.54 Å². The van der Waals surface area contributed by atoms with Gasteiger partial charge in [-0.15, -0.1) is 0 Å². The molecule has 1 aliphatic heterocycles. The Labute approximate surface area is 165 Å². The first-order chi connectivity index (χ1) is 13.7. The molecule has 4 nitrogen and oxygen atoms in total. The molecule has 0 fully saturated rings. The number of nitriles is 1. The van der Waals surface area contributed by atoms with Crippen LogP contribution >= 0.6 is 0 Å².